The number of halogens is 1. The van der Waals surface area contributed by atoms with E-state index in [1.54, 1.807) is 10.6 Å². The van der Waals surface area contributed by atoms with Crippen LogP contribution >= 0.6 is 0 Å². The molecular weight excluding hydrogens is 355 g/mol. The molecule has 2 aromatic heterocycles. The van der Waals surface area contributed by atoms with Crippen LogP contribution in [0.15, 0.2) is 60.7 Å². The Morgan fingerprint density at radius 3 is 2.61 bits per heavy atom. The predicted molar refractivity (Wildman–Crippen MR) is 107 cm³/mol. The molecule has 1 N–H and O–H groups in total. The molecule has 0 saturated carbocycles. The van der Waals surface area contributed by atoms with Crippen LogP contribution in [-0.4, -0.2) is 38.8 Å². The predicted octanol–water partition coefficient (Wildman–Crippen LogP) is 3.60. The number of benzene rings is 2. The maximum Gasteiger partial charge on any atom is 0.185 e. The lowest BCUT2D eigenvalue weighted by molar-refractivity contribution is 0.392. The standard InChI is InChI=1S/C21H21FN6/c1-27(2)14-17-12-15(8-9-18(17)22)13-23-19-10-11-20-24-25-21(28(20)26-19)16-6-4-3-5-7-16/h3-12H,13-14H2,1-2H3,(H,23,26). The average Bonchev–Trinajstić information content (AvgIpc) is 3.12. The van der Waals surface area contributed by atoms with Gasteiger partial charge in [0, 0.05) is 24.2 Å². The Bertz CT molecular complexity index is 1090. The Morgan fingerprint density at radius 1 is 1.00 bits per heavy atom. The molecule has 28 heavy (non-hydrogen) atoms. The minimum Gasteiger partial charge on any atom is -0.365 e. The Kier molecular flexibility index (Phi) is 4.99. The first-order valence-electron chi connectivity index (χ1n) is 9.04. The summed E-state index contributed by atoms with van der Waals surface area (Å²) in [7, 11) is 3.85. The van der Waals surface area contributed by atoms with E-state index in [0.717, 1.165) is 11.1 Å². The van der Waals surface area contributed by atoms with E-state index in [1.807, 2.05) is 67.5 Å². The molecule has 7 heteroatoms. The van der Waals surface area contributed by atoms with Gasteiger partial charge in [0.2, 0.25) is 0 Å². The number of nitrogens with one attached hydrogen (secondary N) is 1. The fourth-order valence-corrected chi connectivity index (χ4v) is 3.04. The highest BCUT2D eigenvalue weighted by Gasteiger charge is 2.10. The van der Waals surface area contributed by atoms with E-state index in [0.29, 0.717) is 35.9 Å². The first-order chi connectivity index (χ1) is 13.6. The lowest BCUT2D eigenvalue weighted by Crippen LogP contribution is -2.12. The highest BCUT2D eigenvalue weighted by atomic mass is 19.1. The first kappa shape index (κ1) is 18.1. The van der Waals surface area contributed by atoms with Gasteiger partial charge in [0.05, 0.1) is 0 Å². The quantitative estimate of drug-likeness (QED) is 0.557. The van der Waals surface area contributed by atoms with Gasteiger partial charge in [0.1, 0.15) is 11.6 Å². The lowest BCUT2D eigenvalue weighted by Gasteiger charge is -2.12. The minimum absolute atomic E-state index is 0.186. The van der Waals surface area contributed by atoms with Gasteiger partial charge in [0.15, 0.2) is 11.5 Å². The van der Waals surface area contributed by atoms with E-state index in [4.69, 9.17) is 0 Å². The van der Waals surface area contributed by atoms with Gasteiger partial charge in [-0.15, -0.1) is 15.3 Å². The molecule has 0 bridgehead atoms. The van der Waals surface area contributed by atoms with Crippen LogP contribution < -0.4 is 5.32 Å². The number of aromatic nitrogens is 4. The smallest absolute Gasteiger partial charge is 0.185 e. The summed E-state index contributed by atoms with van der Waals surface area (Å²) in [6.45, 7) is 1.10. The van der Waals surface area contributed by atoms with Crippen molar-refractivity contribution in [1.82, 2.24) is 24.7 Å². The van der Waals surface area contributed by atoms with Crippen LogP contribution in [0.25, 0.3) is 17.0 Å². The van der Waals surface area contributed by atoms with Crippen molar-refractivity contribution in [3.05, 3.63) is 77.6 Å². The third-order valence-electron chi connectivity index (χ3n) is 4.37. The van der Waals surface area contributed by atoms with E-state index < -0.39 is 0 Å². The lowest BCUT2D eigenvalue weighted by atomic mass is 10.1. The maximum absolute atomic E-state index is 14.0. The summed E-state index contributed by atoms with van der Waals surface area (Å²) in [6.07, 6.45) is 0. The molecule has 0 atom stereocenters. The van der Waals surface area contributed by atoms with Gasteiger partial charge in [-0.3, -0.25) is 0 Å². The zero-order valence-corrected chi connectivity index (χ0v) is 15.8. The van der Waals surface area contributed by atoms with Crippen LogP contribution in [0, 0.1) is 5.82 Å². The largest absolute Gasteiger partial charge is 0.365 e. The molecule has 0 fully saturated rings. The molecule has 4 aromatic rings. The van der Waals surface area contributed by atoms with E-state index in [2.05, 4.69) is 20.6 Å². The van der Waals surface area contributed by atoms with Crippen molar-refractivity contribution in [2.45, 2.75) is 13.1 Å². The Balaban J connectivity index is 1.56. The second-order valence-corrected chi connectivity index (χ2v) is 6.90. The molecule has 0 radical (unpaired) electrons. The van der Waals surface area contributed by atoms with Gasteiger partial charge >= 0.3 is 0 Å². The maximum atomic E-state index is 14.0. The van der Waals surface area contributed by atoms with Crippen molar-refractivity contribution >= 4 is 11.5 Å². The van der Waals surface area contributed by atoms with Crippen molar-refractivity contribution in [2.75, 3.05) is 19.4 Å². The van der Waals surface area contributed by atoms with E-state index in [9.17, 15) is 4.39 Å². The van der Waals surface area contributed by atoms with Gasteiger partial charge in [-0.05, 0) is 43.9 Å². The van der Waals surface area contributed by atoms with Gasteiger partial charge in [-0.1, -0.05) is 36.4 Å². The molecule has 0 amide bonds. The zero-order valence-electron chi connectivity index (χ0n) is 15.8. The van der Waals surface area contributed by atoms with Crippen LogP contribution in [0.3, 0.4) is 0 Å². The van der Waals surface area contributed by atoms with Crippen molar-refractivity contribution in [3.8, 4) is 11.4 Å². The van der Waals surface area contributed by atoms with Crippen LogP contribution in [0.1, 0.15) is 11.1 Å². The van der Waals surface area contributed by atoms with Crippen LogP contribution in [0.2, 0.25) is 0 Å². The SMILES string of the molecule is CN(C)Cc1cc(CNc2ccc3nnc(-c4ccccc4)n3n2)ccc1F. The number of nitrogens with zero attached hydrogens (tertiary/aromatic N) is 5. The van der Waals surface area contributed by atoms with Crippen LogP contribution in [0.4, 0.5) is 10.2 Å². The molecule has 0 spiro atoms. The third kappa shape index (κ3) is 3.84. The molecule has 0 aliphatic carbocycles. The monoisotopic (exact) mass is 376 g/mol. The summed E-state index contributed by atoms with van der Waals surface area (Å²) in [5.41, 5.74) is 3.30. The average molecular weight is 376 g/mol. The fraction of sp³-hybridized carbons (Fsp3) is 0.190. The molecular formula is C21H21FN6. The molecule has 0 aliphatic heterocycles. The summed E-state index contributed by atoms with van der Waals surface area (Å²) < 4.78 is 15.7. The molecule has 0 saturated heterocycles. The topological polar surface area (TPSA) is 58.3 Å². The van der Waals surface area contributed by atoms with Gasteiger partial charge in [-0.25, -0.2) is 4.39 Å². The number of hydrogen-bond donors (Lipinski definition) is 1. The number of anilines is 1. The highest BCUT2D eigenvalue weighted by molar-refractivity contribution is 5.59. The molecule has 2 heterocycles. The first-order valence-corrected chi connectivity index (χ1v) is 9.04. The van der Waals surface area contributed by atoms with E-state index >= 15 is 0 Å². The Hall–Kier alpha value is -3.32. The summed E-state index contributed by atoms with van der Waals surface area (Å²) >= 11 is 0. The van der Waals surface area contributed by atoms with Crippen LogP contribution in [0.5, 0.6) is 0 Å². The van der Waals surface area contributed by atoms with Crippen molar-refractivity contribution in [2.24, 2.45) is 0 Å². The van der Waals surface area contributed by atoms with Crippen molar-refractivity contribution < 1.29 is 4.39 Å². The third-order valence-corrected chi connectivity index (χ3v) is 4.37. The second kappa shape index (κ2) is 7.74. The summed E-state index contributed by atoms with van der Waals surface area (Å²) in [5.74, 6) is 1.20. The second-order valence-electron chi connectivity index (χ2n) is 6.90. The van der Waals surface area contributed by atoms with Crippen LogP contribution in [-0.2, 0) is 13.1 Å². The molecule has 0 unspecified atom stereocenters. The van der Waals surface area contributed by atoms with Gasteiger partial charge < -0.3 is 10.2 Å². The number of rotatable bonds is 6. The molecule has 2 aromatic carbocycles. The normalized spacial score (nSPS) is 11.3. The van der Waals surface area contributed by atoms with Gasteiger partial charge in [0.25, 0.3) is 0 Å². The molecule has 4 rings (SSSR count). The summed E-state index contributed by atoms with van der Waals surface area (Å²) in [5, 5.41) is 16.3. The molecule has 0 aliphatic rings. The Labute approximate surface area is 162 Å². The van der Waals surface area contributed by atoms with E-state index in [-0.39, 0.29) is 5.82 Å². The fourth-order valence-electron chi connectivity index (χ4n) is 3.04. The molecule has 142 valence electrons. The van der Waals surface area contributed by atoms with E-state index in [1.165, 1.54) is 6.07 Å². The number of hydrogen-bond acceptors (Lipinski definition) is 5. The molecule has 6 nitrogen and oxygen atoms in total. The summed E-state index contributed by atoms with van der Waals surface area (Å²) in [6, 6.07) is 18.7. The Morgan fingerprint density at radius 2 is 1.82 bits per heavy atom. The zero-order chi connectivity index (χ0) is 19.5. The minimum atomic E-state index is -0.186. The number of fused-ring (bicyclic) bond motifs is 1. The summed E-state index contributed by atoms with van der Waals surface area (Å²) in [4.78, 5) is 1.95. The van der Waals surface area contributed by atoms with Crippen molar-refractivity contribution in [1.29, 1.82) is 0 Å². The van der Waals surface area contributed by atoms with Crippen molar-refractivity contribution in [3.63, 3.8) is 0 Å². The highest BCUT2D eigenvalue weighted by Crippen LogP contribution is 2.18. The van der Waals surface area contributed by atoms with Gasteiger partial charge in [-0.2, -0.15) is 4.52 Å².